The maximum Gasteiger partial charge on any atom is 0.237 e. The first-order valence-electron chi connectivity index (χ1n) is 7.67. The molecule has 1 saturated heterocycles. The van der Waals surface area contributed by atoms with E-state index in [1.807, 2.05) is 12.1 Å². The summed E-state index contributed by atoms with van der Waals surface area (Å²) in [7, 11) is 0. The smallest absolute Gasteiger partial charge is 0.237 e. The quantitative estimate of drug-likeness (QED) is 0.872. The van der Waals surface area contributed by atoms with Crippen LogP contribution in [0.1, 0.15) is 39.2 Å². The molecule has 0 spiro atoms. The Hall–Kier alpha value is -0.870. The van der Waals surface area contributed by atoms with E-state index >= 15 is 0 Å². The molecule has 1 fully saturated rings. The molecule has 1 aromatic rings. The molecule has 2 unspecified atom stereocenters. The summed E-state index contributed by atoms with van der Waals surface area (Å²) in [5.74, 6) is 0.129. The molecule has 1 aliphatic rings. The van der Waals surface area contributed by atoms with Gasteiger partial charge in [0.2, 0.25) is 5.91 Å². The first-order valence-corrected chi connectivity index (χ1v) is 8.46. The van der Waals surface area contributed by atoms with Gasteiger partial charge in [0.1, 0.15) is 0 Å². The van der Waals surface area contributed by atoms with Gasteiger partial charge in [0.25, 0.3) is 0 Å². The Kier molecular flexibility index (Phi) is 5.44. The third-order valence-corrected chi connectivity index (χ3v) is 4.76. The van der Waals surface area contributed by atoms with E-state index in [9.17, 15) is 4.79 Å². The first-order chi connectivity index (χ1) is 9.88. The molecule has 0 aliphatic carbocycles. The van der Waals surface area contributed by atoms with Crippen molar-refractivity contribution in [3.63, 3.8) is 0 Å². The molecule has 1 aromatic carbocycles. The minimum atomic E-state index is -0.0846. The molecule has 0 radical (unpaired) electrons. The lowest BCUT2D eigenvalue weighted by atomic mass is 9.77. The summed E-state index contributed by atoms with van der Waals surface area (Å²) in [4.78, 5) is 12.5. The lowest BCUT2D eigenvalue weighted by Crippen LogP contribution is -2.57. The molecular weight excluding hydrogens is 328 g/mol. The topological polar surface area (TPSA) is 41.1 Å². The third kappa shape index (κ3) is 4.55. The number of hydrogen-bond donors (Lipinski definition) is 2. The van der Waals surface area contributed by atoms with Gasteiger partial charge >= 0.3 is 0 Å². The molecular formula is C17H25BrN2O. The van der Waals surface area contributed by atoms with E-state index in [0.29, 0.717) is 0 Å². The van der Waals surface area contributed by atoms with Crippen molar-refractivity contribution in [2.45, 2.75) is 52.1 Å². The molecule has 0 bridgehead atoms. The second kappa shape index (κ2) is 6.93. The van der Waals surface area contributed by atoms with Crippen molar-refractivity contribution >= 4 is 21.8 Å². The number of carbonyl (C=O) groups is 1. The summed E-state index contributed by atoms with van der Waals surface area (Å²) < 4.78 is 1.08. The zero-order valence-corrected chi connectivity index (χ0v) is 14.7. The normalized spacial score (nSPS) is 22.6. The number of benzene rings is 1. The Morgan fingerprint density at radius 3 is 2.71 bits per heavy atom. The lowest BCUT2D eigenvalue weighted by molar-refractivity contribution is -0.127. The summed E-state index contributed by atoms with van der Waals surface area (Å²) in [6.07, 6.45) is 3.09. The fraction of sp³-hybridized carbons (Fsp3) is 0.588. The minimum Gasteiger partial charge on any atom is -0.352 e. The van der Waals surface area contributed by atoms with Gasteiger partial charge in [-0.2, -0.15) is 0 Å². The molecule has 2 atom stereocenters. The van der Waals surface area contributed by atoms with E-state index in [4.69, 9.17) is 0 Å². The standard InChI is InChI=1S/C17H25BrN2O/c1-12(11-13-5-7-14(18)8-6-13)20-16(21)15-17(2,3)9-4-10-19-15/h5-8,12,15,19H,4,9-11H2,1-3H3,(H,20,21). The molecule has 21 heavy (non-hydrogen) atoms. The van der Waals surface area contributed by atoms with Gasteiger partial charge in [-0.3, -0.25) is 4.79 Å². The van der Waals surface area contributed by atoms with Crippen molar-refractivity contribution in [1.82, 2.24) is 10.6 Å². The van der Waals surface area contributed by atoms with Crippen molar-refractivity contribution < 1.29 is 4.79 Å². The number of halogens is 1. The summed E-state index contributed by atoms with van der Waals surface area (Å²) in [5, 5.41) is 6.52. The number of amides is 1. The van der Waals surface area contributed by atoms with Gasteiger partial charge in [-0.25, -0.2) is 0 Å². The number of piperidine rings is 1. The number of rotatable bonds is 4. The zero-order chi connectivity index (χ0) is 15.5. The number of nitrogens with one attached hydrogen (secondary N) is 2. The van der Waals surface area contributed by atoms with Crippen molar-refractivity contribution in [1.29, 1.82) is 0 Å². The predicted octanol–water partition coefficient (Wildman–Crippen LogP) is 3.27. The van der Waals surface area contributed by atoms with Crippen LogP contribution < -0.4 is 10.6 Å². The molecule has 116 valence electrons. The number of hydrogen-bond acceptors (Lipinski definition) is 2. The second-order valence-electron chi connectivity index (χ2n) is 6.72. The summed E-state index contributed by atoms with van der Waals surface area (Å²) >= 11 is 3.44. The largest absolute Gasteiger partial charge is 0.352 e. The van der Waals surface area contributed by atoms with Crippen LogP contribution in [0.2, 0.25) is 0 Å². The van der Waals surface area contributed by atoms with E-state index in [0.717, 1.165) is 30.3 Å². The second-order valence-corrected chi connectivity index (χ2v) is 7.64. The molecule has 2 N–H and O–H groups in total. The van der Waals surface area contributed by atoms with Gasteiger partial charge in [0.15, 0.2) is 0 Å². The van der Waals surface area contributed by atoms with E-state index < -0.39 is 0 Å². The minimum absolute atomic E-state index is 0.0274. The predicted molar refractivity (Wildman–Crippen MR) is 90.3 cm³/mol. The Balaban J connectivity index is 1.91. The molecule has 1 aliphatic heterocycles. The fourth-order valence-electron chi connectivity index (χ4n) is 3.01. The van der Waals surface area contributed by atoms with Crippen molar-refractivity contribution in [2.75, 3.05) is 6.54 Å². The summed E-state index contributed by atoms with van der Waals surface area (Å²) in [6.45, 7) is 7.34. The maximum absolute atomic E-state index is 12.5. The highest BCUT2D eigenvalue weighted by molar-refractivity contribution is 9.10. The summed E-state index contributed by atoms with van der Waals surface area (Å²) in [6, 6.07) is 8.31. The average molecular weight is 353 g/mol. The van der Waals surface area contributed by atoms with Gasteiger partial charge < -0.3 is 10.6 Å². The van der Waals surface area contributed by atoms with Gasteiger partial charge in [-0.05, 0) is 55.8 Å². The zero-order valence-electron chi connectivity index (χ0n) is 13.1. The highest BCUT2D eigenvalue weighted by Gasteiger charge is 2.37. The van der Waals surface area contributed by atoms with E-state index in [1.54, 1.807) is 0 Å². The third-order valence-electron chi connectivity index (χ3n) is 4.23. The summed E-state index contributed by atoms with van der Waals surface area (Å²) in [5.41, 5.74) is 1.27. The van der Waals surface area contributed by atoms with Gasteiger partial charge in [-0.15, -0.1) is 0 Å². The van der Waals surface area contributed by atoms with E-state index in [2.05, 4.69) is 59.5 Å². The van der Waals surface area contributed by atoms with Crippen LogP contribution in [-0.4, -0.2) is 24.5 Å². The highest BCUT2D eigenvalue weighted by atomic mass is 79.9. The molecule has 0 saturated carbocycles. The Morgan fingerprint density at radius 1 is 1.43 bits per heavy atom. The lowest BCUT2D eigenvalue weighted by Gasteiger charge is -2.38. The molecule has 3 nitrogen and oxygen atoms in total. The fourth-order valence-corrected chi connectivity index (χ4v) is 3.27. The van der Waals surface area contributed by atoms with Crippen LogP contribution in [-0.2, 0) is 11.2 Å². The van der Waals surface area contributed by atoms with Crippen LogP contribution in [0.5, 0.6) is 0 Å². The van der Waals surface area contributed by atoms with Crippen LogP contribution in [0.15, 0.2) is 28.7 Å². The average Bonchev–Trinajstić information content (AvgIpc) is 2.40. The molecule has 1 amide bonds. The SMILES string of the molecule is CC(Cc1ccc(Br)cc1)NC(=O)C1NCCCC1(C)C. The van der Waals surface area contributed by atoms with Crippen LogP contribution in [0.25, 0.3) is 0 Å². The Morgan fingerprint density at radius 2 is 2.10 bits per heavy atom. The van der Waals surface area contributed by atoms with Crippen molar-refractivity contribution in [2.24, 2.45) is 5.41 Å². The molecule has 4 heteroatoms. The van der Waals surface area contributed by atoms with Gasteiger partial charge in [0, 0.05) is 10.5 Å². The van der Waals surface area contributed by atoms with Gasteiger partial charge in [-0.1, -0.05) is 41.9 Å². The van der Waals surface area contributed by atoms with Crippen molar-refractivity contribution in [3.8, 4) is 0 Å². The van der Waals surface area contributed by atoms with E-state index in [-0.39, 0.29) is 23.4 Å². The van der Waals surface area contributed by atoms with Crippen LogP contribution in [0.3, 0.4) is 0 Å². The highest BCUT2D eigenvalue weighted by Crippen LogP contribution is 2.30. The Labute approximate surface area is 136 Å². The van der Waals surface area contributed by atoms with Crippen LogP contribution in [0.4, 0.5) is 0 Å². The Bertz CT molecular complexity index is 484. The first kappa shape index (κ1) is 16.5. The van der Waals surface area contributed by atoms with Crippen molar-refractivity contribution in [3.05, 3.63) is 34.3 Å². The monoisotopic (exact) mass is 352 g/mol. The maximum atomic E-state index is 12.5. The molecule has 0 aromatic heterocycles. The van der Waals surface area contributed by atoms with Crippen LogP contribution in [0, 0.1) is 5.41 Å². The van der Waals surface area contributed by atoms with E-state index in [1.165, 1.54) is 5.56 Å². The molecule has 1 heterocycles. The van der Waals surface area contributed by atoms with Crippen LogP contribution >= 0.6 is 15.9 Å². The number of carbonyl (C=O) groups excluding carboxylic acids is 1. The molecule has 2 rings (SSSR count). The van der Waals surface area contributed by atoms with Gasteiger partial charge in [0.05, 0.1) is 6.04 Å².